The molecule has 3 aromatic rings. The highest BCUT2D eigenvalue weighted by molar-refractivity contribution is 7.15. The maximum atomic E-state index is 13.5. The van der Waals surface area contributed by atoms with Crippen molar-refractivity contribution in [1.82, 2.24) is 0 Å². The smallest absolute Gasteiger partial charge is 0.260 e. The fourth-order valence-electron chi connectivity index (χ4n) is 3.81. The predicted molar refractivity (Wildman–Crippen MR) is 139 cm³/mol. The minimum atomic E-state index is -0.145. The van der Waals surface area contributed by atoms with Crippen molar-refractivity contribution in [2.75, 3.05) is 11.9 Å². The van der Waals surface area contributed by atoms with Crippen LogP contribution in [0.25, 0.3) is 11.1 Å². The Morgan fingerprint density at radius 1 is 0.844 bits per heavy atom. The van der Waals surface area contributed by atoms with Crippen LogP contribution in [0, 0.1) is 0 Å². The fourth-order valence-corrected chi connectivity index (χ4v) is 4.17. The van der Waals surface area contributed by atoms with Gasteiger partial charge in [-0.15, -0.1) is 9.24 Å². The van der Waals surface area contributed by atoms with Gasteiger partial charge in [0, 0.05) is 5.69 Å². The molecule has 0 bridgehead atoms. The molecule has 0 saturated carbocycles. The molecule has 3 nitrogen and oxygen atoms in total. The van der Waals surface area contributed by atoms with E-state index >= 15 is 0 Å². The maximum Gasteiger partial charge on any atom is 0.260 e. The highest BCUT2D eigenvalue weighted by Crippen LogP contribution is 2.32. The number of hydrogen-bond acceptors (Lipinski definition) is 2. The fraction of sp³-hybridized carbons (Fsp3) is 0.321. The van der Waals surface area contributed by atoms with E-state index in [0.717, 1.165) is 41.4 Å². The van der Waals surface area contributed by atoms with Crippen LogP contribution in [0.15, 0.2) is 72.8 Å². The molecule has 1 unspecified atom stereocenters. The first-order chi connectivity index (χ1) is 15.7. The first-order valence-electron chi connectivity index (χ1n) is 11.6. The molecule has 0 saturated heterocycles. The lowest BCUT2D eigenvalue weighted by atomic mass is 9.98. The SMILES string of the molecule is CCCCCCCCOc1cccc(-c2ccccc2)c1C(=O)Nc1ccccc1CP. The Labute approximate surface area is 194 Å². The molecule has 0 spiro atoms. The molecule has 0 aliphatic heterocycles. The second-order valence-electron chi connectivity index (χ2n) is 7.98. The second kappa shape index (κ2) is 13.0. The van der Waals surface area contributed by atoms with Gasteiger partial charge in [-0.1, -0.05) is 99.7 Å². The van der Waals surface area contributed by atoms with Gasteiger partial charge < -0.3 is 10.1 Å². The number of rotatable bonds is 12. The van der Waals surface area contributed by atoms with Gasteiger partial charge in [0.05, 0.1) is 12.2 Å². The van der Waals surface area contributed by atoms with Gasteiger partial charge in [-0.2, -0.15) is 0 Å². The molecule has 0 aromatic heterocycles. The normalized spacial score (nSPS) is 10.7. The van der Waals surface area contributed by atoms with E-state index in [1.54, 1.807) is 0 Å². The van der Waals surface area contributed by atoms with Crippen LogP contribution in [0.2, 0.25) is 0 Å². The van der Waals surface area contributed by atoms with Crippen LogP contribution in [0.4, 0.5) is 5.69 Å². The van der Waals surface area contributed by atoms with Gasteiger partial charge in [-0.05, 0) is 41.4 Å². The number of carbonyl (C=O) groups is 1. The molecular formula is C28H34NO2P. The Morgan fingerprint density at radius 3 is 2.34 bits per heavy atom. The molecule has 3 aromatic carbocycles. The third-order valence-corrected chi connectivity index (χ3v) is 6.02. The lowest BCUT2D eigenvalue weighted by Gasteiger charge is -2.17. The van der Waals surface area contributed by atoms with Gasteiger partial charge in [-0.3, -0.25) is 4.79 Å². The van der Waals surface area contributed by atoms with Crippen LogP contribution >= 0.6 is 9.24 Å². The van der Waals surface area contributed by atoms with Gasteiger partial charge >= 0.3 is 0 Å². The minimum absolute atomic E-state index is 0.145. The summed E-state index contributed by atoms with van der Waals surface area (Å²) in [5.41, 5.74) is 4.38. The van der Waals surface area contributed by atoms with E-state index in [-0.39, 0.29) is 5.91 Å². The van der Waals surface area contributed by atoms with Crippen molar-refractivity contribution < 1.29 is 9.53 Å². The van der Waals surface area contributed by atoms with Gasteiger partial charge in [0.15, 0.2) is 0 Å². The summed E-state index contributed by atoms with van der Waals surface area (Å²) in [6.45, 7) is 2.85. The van der Waals surface area contributed by atoms with Crippen LogP contribution in [-0.2, 0) is 6.16 Å². The molecule has 1 atom stereocenters. The molecule has 1 amide bonds. The van der Waals surface area contributed by atoms with Gasteiger partial charge in [0.1, 0.15) is 5.75 Å². The van der Waals surface area contributed by atoms with Gasteiger partial charge in [0.25, 0.3) is 5.91 Å². The summed E-state index contributed by atoms with van der Waals surface area (Å²) < 4.78 is 6.16. The van der Waals surface area contributed by atoms with Crippen molar-refractivity contribution in [3.8, 4) is 16.9 Å². The number of hydrogen-bond donors (Lipinski definition) is 1. The third kappa shape index (κ3) is 6.68. The number of ether oxygens (including phenoxy) is 1. The Hall–Kier alpha value is -2.64. The zero-order chi connectivity index (χ0) is 22.6. The summed E-state index contributed by atoms with van der Waals surface area (Å²) in [4.78, 5) is 13.5. The van der Waals surface area contributed by atoms with E-state index < -0.39 is 0 Å². The van der Waals surface area contributed by atoms with E-state index in [1.165, 1.54) is 25.7 Å². The van der Waals surface area contributed by atoms with E-state index in [0.29, 0.717) is 17.9 Å². The molecular weight excluding hydrogens is 413 g/mol. The number of benzene rings is 3. The monoisotopic (exact) mass is 447 g/mol. The lowest BCUT2D eigenvalue weighted by Crippen LogP contribution is -2.16. The highest BCUT2D eigenvalue weighted by atomic mass is 31.0. The minimum Gasteiger partial charge on any atom is -0.493 e. The van der Waals surface area contributed by atoms with E-state index in [1.807, 2.05) is 72.8 Å². The molecule has 1 N–H and O–H groups in total. The van der Waals surface area contributed by atoms with Crippen molar-refractivity contribution >= 4 is 20.8 Å². The number of unbranched alkanes of at least 4 members (excludes halogenated alkanes) is 5. The third-order valence-electron chi connectivity index (χ3n) is 5.58. The Bertz CT molecular complexity index is 988. The number of nitrogens with one attached hydrogen (secondary N) is 1. The van der Waals surface area contributed by atoms with Crippen LogP contribution in [0.5, 0.6) is 5.75 Å². The summed E-state index contributed by atoms with van der Waals surface area (Å²) >= 11 is 0. The van der Waals surface area contributed by atoms with E-state index in [4.69, 9.17) is 4.74 Å². The van der Waals surface area contributed by atoms with Crippen LogP contribution in [0.3, 0.4) is 0 Å². The zero-order valence-corrected chi connectivity index (χ0v) is 20.1. The largest absolute Gasteiger partial charge is 0.493 e. The molecule has 0 radical (unpaired) electrons. The Balaban J connectivity index is 1.83. The molecule has 0 heterocycles. The molecule has 32 heavy (non-hydrogen) atoms. The number of para-hydroxylation sites is 1. The molecule has 3 rings (SSSR count). The zero-order valence-electron chi connectivity index (χ0n) is 19.0. The summed E-state index contributed by atoms with van der Waals surface area (Å²) in [7, 11) is 2.72. The predicted octanol–water partition coefficient (Wildman–Crippen LogP) is 7.72. The second-order valence-corrected chi connectivity index (χ2v) is 8.38. The van der Waals surface area contributed by atoms with Crippen LogP contribution < -0.4 is 10.1 Å². The molecule has 0 aliphatic carbocycles. The van der Waals surface area contributed by atoms with Gasteiger partial charge in [0.2, 0.25) is 0 Å². The number of carbonyl (C=O) groups excluding carboxylic acids is 1. The molecule has 168 valence electrons. The summed E-state index contributed by atoms with van der Waals surface area (Å²) in [5.74, 6) is 0.495. The first kappa shape index (κ1) is 24.0. The maximum absolute atomic E-state index is 13.5. The van der Waals surface area contributed by atoms with Crippen molar-refractivity contribution in [3.63, 3.8) is 0 Å². The van der Waals surface area contributed by atoms with Crippen molar-refractivity contribution in [2.45, 2.75) is 51.6 Å². The summed E-state index contributed by atoms with van der Waals surface area (Å²) in [6.07, 6.45) is 7.99. The van der Waals surface area contributed by atoms with Crippen LogP contribution in [-0.4, -0.2) is 12.5 Å². The average molecular weight is 448 g/mol. The average Bonchev–Trinajstić information content (AvgIpc) is 2.84. The van der Waals surface area contributed by atoms with Crippen molar-refractivity contribution in [2.24, 2.45) is 0 Å². The topological polar surface area (TPSA) is 38.3 Å². The van der Waals surface area contributed by atoms with Crippen molar-refractivity contribution in [1.29, 1.82) is 0 Å². The first-order valence-corrected chi connectivity index (χ1v) is 12.5. The van der Waals surface area contributed by atoms with Crippen molar-refractivity contribution in [3.05, 3.63) is 83.9 Å². The van der Waals surface area contributed by atoms with Crippen LogP contribution in [0.1, 0.15) is 61.4 Å². The van der Waals surface area contributed by atoms with E-state index in [9.17, 15) is 4.79 Å². The number of amides is 1. The lowest BCUT2D eigenvalue weighted by molar-refractivity contribution is 0.102. The molecule has 0 aliphatic rings. The Morgan fingerprint density at radius 2 is 1.56 bits per heavy atom. The van der Waals surface area contributed by atoms with Gasteiger partial charge in [-0.25, -0.2) is 0 Å². The van der Waals surface area contributed by atoms with E-state index in [2.05, 4.69) is 21.5 Å². The summed E-state index contributed by atoms with van der Waals surface area (Å²) in [5, 5.41) is 3.12. The highest BCUT2D eigenvalue weighted by Gasteiger charge is 2.19. The quantitative estimate of drug-likeness (QED) is 0.228. The standard InChI is InChI=1S/C28H34NO2P/c1-2-3-4-5-6-12-20-31-26-19-13-17-24(22-14-8-7-9-15-22)27(26)28(30)29-25-18-11-10-16-23(25)21-32/h7-11,13-19H,2-6,12,20-21,32H2,1H3,(H,29,30). The number of anilines is 1. The summed E-state index contributed by atoms with van der Waals surface area (Å²) in [6, 6.07) is 23.8. The molecule has 4 heteroatoms. The Kier molecular flexibility index (Phi) is 9.78. The molecule has 0 fully saturated rings.